The van der Waals surface area contributed by atoms with E-state index < -0.39 is 10.8 Å². The normalized spacial score (nSPS) is 13.6. The number of aromatic nitrogens is 1. The number of fused-ring (bicyclic) bond motifs is 23. The number of anilines is 3. The second kappa shape index (κ2) is 18.6. The molecule has 0 saturated heterocycles. The van der Waals surface area contributed by atoms with Crippen LogP contribution in [0.25, 0.3) is 105 Å². The molecule has 19 rings (SSSR count). The highest BCUT2D eigenvalue weighted by Crippen LogP contribution is 2.66. The molecule has 0 aliphatic heterocycles. The van der Waals surface area contributed by atoms with Gasteiger partial charge < -0.3 is 9.47 Å². The summed E-state index contributed by atoms with van der Waals surface area (Å²) in [5.74, 6) is 0. The average Bonchev–Trinajstić information content (AvgIpc) is 1.58. The van der Waals surface area contributed by atoms with E-state index in [1.165, 1.54) is 144 Å². The largest absolute Gasteiger partial charge is 0.310 e. The van der Waals surface area contributed by atoms with E-state index in [4.69, 9.17) is 0 Å². The minimum absolute atomic E-state index is 0.558. The molecule has 14 aromatic carbocycles. The van der Waals surface area contributed by atoms with E-state index in [1.807, 2.05) is 0 Å². The molecule has 0 atom stereocenters. The van der Waals surface area contributed by atoms with Gasteiger partial charge in [-0.1, -0.05) is 243 Å². The number of rotatable bonds is 7. The highest BCUT2D eigenvalue weighted by Gasteiger charge is 2.54. The van der Waals surface area contributed by atoms with Crippen molar-refractivity contribution in [1.29, 1.82) is 0 Å². The lowest BCUT2D eigenvalue weighted by Gasteiger charge is -2.32. The van der Waals surface area contributed by atoms with Crippen LogP contribution in [0.4, 0.5) is 17.1 Å². The van der Waals surface area contributed by atoms with E-state index in [9.17, 15) is 0 Å². The molecule has 15 aromatic rings. The van der Waals surface area contributed by atoms with Crippen LogP contribution in [0.2, 0.25) is 0 Å². The van der Waals surface area contributed by atoms with Crippen LogP contribution in [0, 0.1) is 0 Å². The fourth-order valence-corrected chi connectivity index (χ4v) is 16.4. The molecule has 0 fully saturated rings. The maximum absolute atomic E-state index is 2.56. The first-order valence-electron chi connectivity index (χ1n) is 30.7. The van der Waals surface area contributed by atoms with Crippen molar-refractivity contribution in [3.05, 3.63) is 372 Å². The van der Waals surface area contributed by atoms with Crippen molar-refractivity contribution >= 4 is 38.9 Å². The molecular formula is C86H54N2. The van der Waals surface area contributed by atoms with Crippen LogP contribution in [-0.2, 0) is 10.8 Å². The lowest BCUT2D eigenvalue weighted by atomic mass is 9.69. The first-order valence-corrected chi connectivity index (χ1v) is 30.7. The summed E-state index contributed by atoms with van der Waals surface area (Å²) in [5, 5.41) is 2.50. The zero-order chi connectivity index (χ0) is 57.7. The molecule has 88 heavy (non-hydrogen) atoms. The number of benzene rings is 14. The number of para-hydroxylation sites is 3. The Labute approximate surface area is 511 Å². The molecule has 2 heteroatoms. The van der Waals surface area contributed by atoms with Crippen molar-refractivity contribution in [2.24, 2.45) is 0 Å². The van der Waals surface area contributed by atoms with Gasteiger partial charge >= 0.3 is 0 Å². The van der Waals surface area contributed by atoms with Crippen LogP contribution in [0.15, 0.2) is 328 Å². The Hall–Kier alpha value is -11.3. The summed E-state index contributed by atoms with van der Waals surface area (Å²) in [6, 6.07) is 123. The monoisotopic (exact) mass is 1110 g/mol. The first kappa shape index (κ1) is 49.0. The summed E-state index contributed by atoms with van der Waals surface area (Å²) in [6.07, 6.45) is 0. The third-order valence-electron chi connectivity index (χ3n) is 20.0. The zero-order valence-electron chi connectivity index (χ0n) is 48.1. The highest BCUT2D eigenvalue weighted by atomic mass is 15.1. The third kappa shape index (κ3) is 6.66. The van der Waals surface area contributed by atoms with E-state index in [0.29, 0.717) is 0 Å². The van der Waals surface area contributed by atoms with Gasteiger partial charge in [-0.05, 0) is 207 Å². The van der Waals surface area contributed by atoms with Crippen molar-refractivity contribution in [2.45, 2.75) is 10.8 Å². The van der Waals surface area contributed by atoms with E-state index >= 15 is 0 Å². The second-order valence-electron chi connectivity index (χ2n) is 24.2. The number of nitrogens with zero attached hydrogens (tertiary/aromatic N) is 2. The smallest absolute Gasteiger partial charge is 0.0726 e. The zero-order valence-corrected chi connectivity index (χ0v) is 48.1. The molecule has 0 unspecified atom stereocenters. The fraction of sp³-hybridized carbons (Fsp3) is 0.0233. The van der Waals surface area contributed by atoms with Crippen molar-refractivity contribution in [1.82, 2.24) is 4.57 Å². The van der Waals surface area contributed by atoms with Gasteiger partial charge in [0.1, 0.15) is 0 Å². The molecule has 2 spiro atoms. The average molecular weight is 1120 g/mol. The van der Waals surface area contributed by atoms with Crippen molar-refractivity contribution < 1.29 is 0 Å². The minimum Gasteiger partial charge on any atom is -0.310 e. The van der Waals surface area contributed by atoms with Crippen molar-refractivity contribution in [2.75, 3.05) is 4.90 Å². The predicted molar refractivity (Wildman–Crippen MR) is 364 cm³/mol. The molecule has 0 N–H and O–H groups in total. The van der Waals surface area contributed by atoms with E-state index in [2.05, 4.69) is 337 Å². The Bertz CT molecular complexity index is 5290. The van der Waals surface area contributed by atoms with Crippen LogP contribution >= 0.6 is 0 Å². The van der Waals surface area contributed by atoms with Gasteiger partial charge in [0.25, 0.3) is 0 Å². The predicted octanol–water partition coefficient (Wildman–Crippen LogP) is 21.9. The molecule has 0 radical (unpaired) electrons. The van der Waals surface area contributed by atoms with Gasteiger partial charge in [-0.3, -0.25) is 0 Å². The molecular weight excluding hydrogens is 1060 g/mol. The summed E-state index contributed by atoms with van der Waals surface area (Å²) in [5.41, 5.74) is 33.9. The molecule has 4 aliphatic rings. The standard InChI is InChI=1S/C86H54N2/c1-4-20-55(21-5-1)56-36-42-63(43-37-56)87(61-22-6-2-7-23-61)64-44-48-72-71-47-40-60(53-81(71)86(82(72)54-64)77-33-17-12-28-67(77)68-29-13-18-34-78(68)86)59-39-46-70-69-45-38-58(51-79(69)85(80(70)52-59)75-31-15-10-26-65(75)66-27-11-16-32-76(66)85)57-41-49-84-74(50-57)73-30-14-19-35-83(73)88(84)62-24-8-3-9-25-62/h1-54H. The number of hydrogen-bond donors (Lipinski definition) is 0. The maximum atomic E-state index is 2.56. The van der Waals surface area contributed by atoms with Gasteiger partial charge in [0, 0.05) is 33.5 Å². The lowest BCUT2D eigenvalue weighted by Crippen LogP contribution is -2.26. The number of hydrogen-bond acceptors (Lipinski definition) is 1. The molecule has 0 amide bonds. The Morgan fingerprint density at radius 1 is 0.205 bits per heavy atom. The Morgan fingerprint density at radius 2 is 0.545 bits per heavy atom. The van der Waals surface area contributed by atoms with Crippen LogP contribution in [0.3, 0.4) is 0 Å². The summed E-state index contributed by atoms with van der Waals surface area (Å²) in [4.78, 5) is 2.43. The molecule has 408 valence electrons. The summed E-state index contributed by atoms with van der Waals surface area (Å²) in [6.45, 7) is 0. The highest BCUT2D eigenvalue weighted by molar-refractivity contribution is 6.11. The maximum Gasteiger partial charge on any atom is 0.0726 e. The molecule has 1 heterocycles. The lowest BCUT2D eigenvalue weighted by molar-refractivity contribution is 0.793. The van der Waals surface area contributed by atoms with Gasteiger partial charge in [0.15, 0.2) is 0 Å². The van der Waals surface area contributed by atoms with Crippen LogP contribution in [-0.4, -0.2) is 4.57 Å². The van der Waals surface area contributed by atoms with Crippen LogP contribution in [0.5, 0.6) is 0 Å². The van der Waals surface area contributed by atoms with Gasteiger partial charge in [0.2, 0.25) is 0 Å². The minimum atomic E-state index is -0.587. The van der Waals surface area contributed by atoms with Crippen LogP contribution < -0.4 is 4.90 Å². The molecule has 4 aliphatic carbocycles. The third-order valence-corrected chi connectivity index (χ3v) is 20.0. The molecule has 2 nitrogen and oxygen atoms in total. The molecule has 1 aromatic heterocycles. The summed E-state index contributed by atoms with van der Waals surface area (Å²) in [7, 11) is 0. The second-order valence-corrected chi connectivity index (χ2v) is 24.2. The van der Waals surface area contributed by atoms with E-state index in [0.717, 1.165) is 22.7 Å². The van der Waals surface area contributed by atoms with Gasteiger partial charge in [0.05, 0.1) is 21.9 Å². The Balaban J connectivity index is 0.789. The SMILES string of the molecule is c1ccc(-c2ccc(N(c3ccccc3)c3ccc4c(c3)C3(c5ccccc5-c5ccccc53)c3cc(-c5ccc6c(c5)C5(c7ccccc7-c7ccccc75)c5cc(-c7ccc8c(c7)c7ccccc7n8-c7ccccc7)ccc5-6)ccc3-4)cc2)cc1. The molecule has 0 bridgehead atoms. The molecule has 0 saturated carbocycles. The van der Waals surface area contributed by atoms with Crippen LogP contribution in [0.1, 0.15) is 44.5 Å². The first-order chi connectivity index (χ1) is 43.6. The summed E-state index contributed by atoms with van der Waals surface area (Å²) >= 11 is 0. The van der Waals surface area contributed by atoms with Gasteiger partial charge in [-0.25, -0.2) is 0 Å². The summed E-state index contributed by atoms with van der Waals surface area (Å²) < 4.78 is 2.40. The topological polar surface area (TPSA) is 8.17 Å². The van der Waals surface area contributed by atoms with Crippen molar-refractivity contribution in [3.8, 4) is 83.6 Å². The van der Waals surface area contributed by atoms with E-state index in [-0.39, 0.29) is 0 Å². The van der Waals surface area contributed by atoms with Gasteiger partial charge in [-0.2, -0.15) is 0 Å². The van der Waals surface area contributed by atoms with Gasteiger partial charge in [-0.15, -0.1) is 0 Å². The van der Waals surface area contributed by atoms with E-state index in [1.54, 1.807) is 0 Å². The Kier molecular flexibility index (Phi) is 10.3. The Morgan fingerprint density at radius 3 is 1.07 bits per heavy atom. The van der Waals surface area contributed by atoms with Crippen molar-refractivity contribution in [3.63, 3.8) is 0 Å². The quantitative estimate of drug-likeness (QED) is 0.154. The fourth-order valence-electron chi connectivity index (χ4n) is 16.4.